The van der Waals surface area contributed by atoms with Crippen LogP contribution >= 0.6 is 15.9 Å². The summed E-state index contributed by atoms with van der Waals surface area (Å²) < 4.78 is 11.8. The van der Waals surface area contributed by atoms with Gasteiger partial charge in [0.05, 0.1) is 19.2 Å². The summed E-state index contributed by atoms with van der Waals surface area (Å²) in [7, 11) is 1.65. The molecule has 0 aromatic heterocycles. The first-order valence-corrected chi connectivity index (χ1v) is 7.83. The molecule has 2 aromatic rings. The highest BCUT2D eigenvalue weighted by atomic mass is 79.9. The van der Waals surface area contributed by atoms with E-state index >= 15 is 0 Å². The van der Waals surface area contributed by atoms with Crippen LogP contribution < -0.4 is 14.8 Å². The lowest BCUT2D eigenvalue weighted by atomic mass is 10.1. The van der Waals surface area contributed by atoms with E-state index in [4.69, 9.17) is 9.47 Å². The molecule has 1 heterocycles. The number of rotatable bonds is 4. The average molecular weight is 362 g/mol. The molecule has 0 unspecified atom stereocenters. The molecule has 1 atom stereocenters. The van der Waals surface area contributed by atoms with Crippen molar-refractivity contribution in [2.24, 2.45) is 0 Å². The number of halogens is 1. The maximum absolute atomic E-state index is 12.2. The number of fused-ring (bicyclic) bond motifs is 1. The Morgan fingerprint density at radius 2 is 2.18 bits per heavy atom. The van der Waals surface area contributed by atoms with Crippen molar-refractivity contribution in [2.45, 2.75) is 12.5 Å². The highest BCUT2D eigenvalue weighted by molar-refractivity contribution is 9.10. The summed E-state index contributed by atoms with van der Waals surface area (Å²) in [5.74, 6) is 1.57. The van der Waals surface area contributed by atoms with E-state index in [1.807, 2.05) is 36.4 Å². The van der Waals surface area contributed by atoms with Crippen molar-refractivity contribution in [3.8, 4) is 11.5 Å². The molecule has 2 aromatic carbocycles. The second-order valence-corrected chi connectivity index (χ2v) is 5.96. The van der Waals surface area contributed by atoms with E-state index in [0.29, 0.717) is 12.1 Å². The SMILES string of the molecule is COc1ccc2c(c1)C[C@@H](CNC(=O)c1ccccc1Br)O2. The Labute approximate surface area is 137 Å². The zero-order valence-electron chi connectivity index (χ0n) is 12.1. The van der Waals surface area contributed by atoms with Crippen LogP contribution in [0.2, 0.25) is 0 Å². The number of carbonyl (C=O) groups excluding carboxylic acids is 1. The van der Waals surface area contributed by atoms with Crippen LogP contribution in [0, 0.1) is 0 Å². The summed E-state index contributed by atoms with van der Waals surface area (Å²) >= 11 is 3.38. The summed E-state index contributed by atoms with van der Waals surface area (Å²) in [6.45, 7) is 0.469. The Bertz CT molecular complexity index is 702. The van der Waals surface area contributed by atoms with Gasteiger partial charge in [-0.25, -0.2) is 0 Å². The van der Waals surface area contributed by atoms with Gasteiger partial charge >= 0.3 is 0 Å². The lowest BCUT2D eigenvalue weighted by Crippen LogP contribution is -2.34. The summed E-state index contributed by atoms with van der Waals surface area (Å²) in [5, 5.41) is 2.92. The van der Waals surface area contributed by atoms with Gasteiger partial charge in [0.25, 0.3) is 5.91 Å². The van der Waals surface area contributed by atoms with Crippen molar-refractivity contribution in [1.29, 1.82) is 0 Å². The molecule has 1 aliphatic rings. The third-order valence-corrected chi connectivity index (χ3v) is 4.31. The fraction of sp³-hybridized carbons (Fsp3) is 0.235. The van der Waals surface area contributed by atoms with Gasteiger partial charge in [0.1, 0.15) is 17.6 Å². The van der Waals surface area contributed by atoms with Crippen molar-refractivity contribution < 1.29 is 14.3 Å². The molecule has 3 rings (SSSR count). The Morgan fingerprint density at radius 3 is 2.95 bits per heavy atom. The van der Waals surface area contributed by atoms with Crippen LogP contribution in [0.25, 0.3) is 0 Å². The Hall–Kier alpha value is -2.01. The lowest BCUT2D eigenvalue weighted by molar-refractivity contribution is 0.0933. The van der Waals surface area contributed by atoms with Gasteiger partial charge in [-0.2, -0.15) is 0 Å². The first-order chi connectivity index (χ1) is 10.7. The van der Waals surface area contributed by atoms with Gasteiger partial charge in [0.15, 0.2) is 0 Å². The number of hydrogen-bond donors (Lipinski definition) is 1. The second kappa shape index (κ2) is 6.40. The quantitative estimate of drug-likeness (QED) is 0.909. The molecule has 0 saturated carbocycles. The number of carbonyl (C=O) groups is 1. The van der Waals surface area contributed by atoms with Crippen molar-refractivity contribution in [3.05, 3.63) is 58.1 Å². The molecule has 1 amide bonds. The van der Waals surface area contributed by atoms with E-state index in [0.717, 1.165) is 28.0 Å². The van der Waals surface area contributed by atoms with E-state index < -0.39 is 0 Å². The molecular formula is C17H16BrNO3. The molecule has 5 heteroatoms. The van der Waals surface area contributed by atoms with Crippen LogP contribution in [-0.2, 0) is 6.42 Å². The predicted molar refractivity (Wildman–Crippen MR) is 87.6 cm³/mol. The molecule has 1 N–H and O–H groups in total. The van der Waals surface area contributed by atoms with Gasteiger partial charge < -0.3 is 14.8 Å². The minimum absolute atomic E-state index is 0.0476. The summed E-state index contributed by atoms with van der Waals surface area (Å²) in [5.41, 5.74) is 1.74. The smallest absolute Gasteiger partial charge is 0.252 e. The van der Waals surface area contributed by atoms with E-state index in [1.54, 1.807) is 13.2 Å². The van der Waals surface area contributed by atoms with Gasteiger partial charge in [-0.05, 0) is 46.3 Å². The molecule has 22 heavy (non-hydrogen) atoms. The minimum atomic E-state index is -0.107. The molecule has 0 fully saturated rings. The zero-order valence-corrected chi connectivity index (χ0v) is 13.7. The fourth-order valence-electron chi connectivity index (χ4n) is 2.48. The molecule has 0 aliphatic carbocycles. The van der Waals surface area contributed by atoms with Crippen LogP contribution in [0.4, 0.5) is 0 Å². The first kappa shape index (κ1) is 14.9. The minimum Gasteiger partial charge on any atom is -0.497 e. The molecule has 0 spiro atoms. The van der Waals surface area contributed by atoms with Gasteiger partial charge in [-0.3, -0.25) is 4.79 Å². The summed E-state index contributed by atoms with van der Waals surface area (Å²) in [4.78, 5) is 12.2. The van der Waals surface area contributed by atoms with E-state index in [-0.39, 0.29) is 12.0 Å². The average Bonchev–Trinajstić information content (AvgIpc) is 2.94. The van der Waals surface area contributed by atoms with Gasteiger partial charge in [-0.1, -0.05) is 12.1 Å². The number of benzene rings is 2. The van der Waals surface area contributed by atoms with Crippen LogP contribution in [0.15, 0.2) is 46.9 Å². The van der Waals surface area contributed by atoms with Crippen LogP contribution in [0.3, 0.4) is 0 Å². The maximum atomic E-state index is 12.2. The molecule has 0 bridgehead atoms. The monoisotopic (exact) mass is 361 g/mol. The van der Waals surface area contributed by atoms with Crippen molar-refractivity contribution in [3.63, 3.8) is 0 Å². The van der Waals surface area contributed by atoms with Gasteiger partial charge in [0, 0.05) is 16.5 Å². The third-order valence-electron chi connectivity index (χ3n) is 3.62. The summed E-state index contributed by atoms with van der Waals surface area (Å²) in [6.07, 6.45) is 0.719. The van der Waals surface area contributed by atoms with E-state index in [2.05, 4.69) is 21.2 Å². The van der Waals surface area contributed by atoms with Crippen molar-refractivity contribution in [2.75, 3.05) is 13.7 Å². The molecule has 4 nitrogen and oxygen atoms in total. The fourth-order valence-corrected chi connectivity index (χ4v) is 2.95. The van der Waals surface area contributed by atoms with Crippen LogP contribution in [0.5, 0.6) is 11.5 Å². The second-order valence-electron chi connectivity index (χ2n) is 5.11. The zero-order chi connectivity index (χ0) is 15.5. The number of ether oxygens (including phenoxy) is 2. The Balaban J connectivity index is 1.60. The van der Waals surface area contributed by atoms with Crippen molar-refractivity contribution >= 4 is 21.8 Å². The number of nitrogens with one attached hydrogen (secondary N) is 1. The van der Waals surface area contributed by atoms with E-state index in [1.165, 1.54) is 0 Å². The molecule has 1 aliphatic heterocycles. The molecule has 0 radical (unpaired) electrons. The van der Waals surface area contributed by atoms with Crippen LogP contribution in [0.1, 0.15) is 15.9 Å². The molecule has 0 saturated heterocycles. The first-order valence-electron chi connectivity index (χ1n) is 7.03. The van der Waals surface area contributed by atoms with Crippen LogP contribution in [-0.4, -0.2) is 25.7 Å². The topological polar surface area (TPSA) is 47.6 Å². The predicted octanol–water partition coefficient (Wildman–Crippen LogP) is 3.19. The normalized spacial score (nSPS) is 15.8. The third kappa shape index (κ3) is 3.09. The number of methoxy groups -OCH3 is 1. The lowest BCUT2D eigenvalue weighted by Gasteiger charge is -2.12. The highest BCUT2D eigenvalue weighted by Gasteiger charge is 2.24. The number of amides is 1. The van der Waals surface area contributed by atoms with Gasteiger partial charge in [-0.15, -0.1) is 0 Å². The Kier molecular flexibility index (Phi) is 4.34. The largest absolute Gasteiger partial charge is 0.497 e. The molecule has 114 valence electrons. The molecular weight excluding hydrogens is 346 g/mol. The number of hydrogen-bond acceptors (Lipinski definition) is 3. The van der Waals surface area contributed by atoms with Gasteiger partial charge in [0.2, 0.25) is 0 Å². The standard InChI is InChI=1S/C17H16BrNO3/c1-21-12-6-7-16-11(8-12)9-13(22-16)10-19-17(20)14-4-2-3-5-15(14)18/h2-8,13H,9-10H2,1H3,(H,19,20)/t13-/m0/s1. The van der Waals surface area contributed by atoms with Crippen molar-refractivity contribution in [1.82, 2.24) is 5.32 Å². The van der Waals surface area contributed by atoms with E-state index in [9.17, 15) is 4.79 Å². The Morgan fingerprint density at radius 1 is 1.36 bits per heavy atom. The maximum Gasteiger partial charge on any atom is 0.252 e. The highest BCUT2D eigenvalue weighted by Crippen LogP contribution is 2.31. The summed E-state index contributed by atoms with van der Waals surface area (Å²) in [6, 6.07) is 13.1.